The summed E-state index contributed by atoms with van der Waals surface area (Å²) in [5.74, 6) is -0.431. The number of aromatic nitrogens is 3. The van der Waals surface area contributed by atoms with Crippen LogP contribution in [0.3, 0.4) is 0 Å². The Balaban J connectivity index is 1.83. The second-order valence-electron chi connectivity index (χ2n) is 6.35. The van der Waals surface area contributed by atoms with Gasteiger partial charge >= 0.3 is 0 Å². The van der Waals surface area contributed by atoms with E-state index in [1.54, 1.807) is 62.4 Å². The topological polar surface area (TPSA) is 89.2 Å². The first kappa shape index (κ1) is 21.1. The molecule has 0 saturated carbocycles. The molecule has 0 atom stereocenters. The van der Waals surface area contributed by atoms with Gasteiger partial charge in [-0.3, -0.25) is 4.79 Å². The van der Waals surface area contributed by atoms with Crippen LogP contribution in [0.15, 0.2) is 54.1 Å². The van der Waals surface area contributed by atoms with E-state index in [2.05, 4.69) is 10.3 Å². The molecular weight excluding hydrogens is 414 g/mol. The summed E-state index contributed by atoms with van der Waals surface area (Å²) in [6.07, 6.45) is 6.48. The van der Waals surface area contributed by atoms with Gasteiger partial charge in [0.15, 0.2) is 0 Å². The average molecular weight is 436 g/mol. The first-order chi connectivity index (χ1) is 13.8. The predicted molar refractivity (Wildman–Crippen MR) is 112 cm³/mol. The summed E-state index contributed by atoms with van der Waals surface area (Å²) in [5, 5.41) is 3.20. The number of sulfonamides is 1. The number of nitrogens with one attached hydrogen (secondary N) is 1. The van der Waals surface area contributed by atoms with Crippen LogP contribution in [0.4, 0.5) is 5.69 Å². The Bertz CT molecular complexity index is 1120. The van der Waals surface area contributed by atoms with Crippen LogP contribution in [-0.4, -0.2) is 45.8 Å². The van der Waals surface area contributed by atoms with Gasteiger partial charge in [0.1, 0.15) is 10.6 Å². The quantitative estimate of drug-likeness (QED) is 0.617. The van der Waals surface area contributed by atoms with E-state index in [0.29, 0.717) is 23.8 Å². The molecule has 0 fully saturated rings. The molecule has 0 radical (unpaired) electrons. The van der Waals surface area contributed by atoms with E-state index in [4.69, 9.17) is 11.6 Å². The number of nitrogens with zero attached hydrogens (tertiary/aromatic N) is 4. The van der Waals surface area contributed by atoms with Gasteiger partial charge in [0, 0.05) is 44.4 Å². The molecule has 2 aromatic heterocycles. The van der Waals surface area contributed by atoms with Crippen LogP contribution in [0.25, 0.3) is 5.69 Å². The molecular formula is C19H22ClN5O3S. The summed E-state index contributed by atoms with van der Waals surface area (Å²) in [6, 6.07) is 6.49. The average Bonchev–Trinajstić information content (AvgIpc) is 3.32. The summed E-state index contributed by atoms with van der Waals surface area (Å²) in [4.78, 5) is 16.8. The Hall–Kier alpha value is -2.62. The zero-order chi connectivity index (χ0) is 21.2. The molecule has 154 valence electrons. The number of amides is 1. The fourth-order valence-electron chi connectivity index (χ4n) is 3.00. The third-order valence-corrected chi connectivity index (χ3v) is 6.86. The van der Waals surface area contributed by atoms with Crippen molar-refractivity contribution in [3.05, 3.63) is 59.9 Å². The molecule has 1 N–H and O–H groups in total. The molecule has 3 rings (SSSR count). The van der Waals surface area contributed by atoms with Crippen LogP contribution in [0.5, 0.6) is 0 Å². The van der Waals surface area contributed by atoms with Gasteiger partial charge in [-0.05, 0) is 24.3 Å². The zero-order valence-corrected chi connectivity index (χ0v) is 17.9. The van der Waals surface area contributed by atoms with Crippen molar-refractivity contribution in [1.29, 1.82) is 0 Å². The van der Waals surface area contributed by atoms with Crippen molar-refractivity contribution in [2.75, 3.05) is 18.4 Å². The molecule has 0 unspecified atom stereocenters. The normalized spacial score (nSPS) is 11.8. The van der Waals surface area contributed by atoms with Crippen LogP contribution >= 0.6 is 11.6 Å². The summed E-state index contributed by atoms with van der Waals surface area (Å²) in [7, 11) is -2.01. The van der Waals surface area contributed by atoms with Gasteiger partial charge in [0.2, 0.25) is 10.0 Å². The van der Waals surface area contributed by atoms with E-state index in [9.17, 15) is 13.2 Å². The number of aryl methyl sites for hydroxylation is 1. The van der Waals surface area contributed by atoms with Crippen LogP contribution in [0.2, 0.25) is 5.02 Å². The second kappa shape index (κ2) is 8.40. The molecule has 0 aliphatic carbocycles. The first-order valence-corrected chi connectivity index (χ1v) is 10.9. The zero-order valence-electron chi connectivity index (χ0n) is 16.3. The number of hydrogen-bond acceptors (Lipinski definition) is 4. The molecule has 0 spiro atoms. The fraction of sp³-hybridized carbons (Fsp3) is 0.263. The molecule has 1 aromatic carbocycles. The van der Waals surface area contributed by atoms with Gasteiger partial charge in [-0.15, -0.1) is 0 Å². The highest BCUT2D eigenvalue weighted by Crippen LogP contribution is 2.25. The summed E-state index contributed by atoms with van der Waals surface area (Å²) >= 11 is 6.32. The van der Waals surface area contributed by atoms with Crippen LogP contribution in [-0.2, 0) is 17.1 Å². The van der Waals surface area contributed by atoms with Crippen molar-refractivity contribution in [3.8, 4) is 5.69 Å². The number of anilines is 1. The SMILES string of the molecule is CCN(CC)S(=O)(=O)c1cc(C(=O)Nc2ccc(-n3ccnc3)c(Cl)c2)n(C)c1. The molecule has 8 nitrogen and oxygen atoms in total. The highest BCUT2D eigenvalue weighted by Gasteiger charge is 2.25. The van der Waals surface area contributed by atoms with E-state index >= 15 is 0 Å². The Morgan fingerprint density at radius 1 is 1.24 bits per heavy atom. The number of carbonyl (C=O) groups is 1. The Morgan fingerprint density at radius 3 is 2.55 bits per heavy atom. The minimum absolute atomic E-state index is 0.0855. The van der Waals surface area contributed by atoms with E-state index in [-0.39, 0.29) is 10.6 Å². The molecule has 0 aliphatic heterocycles. The Morgan fingerprint density at radius 2 is 1.97 bits per heavy atom. The maximum absolute atomic E-state index is 12.7. The molecule has 2 heterocycles. The van der Waals surface area contributed by atoms with Crippen molar-refractivity contribution in [2.45, 2.75) is 18.7 Å². The molecule has 29 heavy (non-hydrogen) atoms. The number of carbonyl (C=O) groups excluding carboxylic acids is 1. The van der Waals surface area contributed by atoms with Gasteiger partial charge < -0.3 is 14.5 Å². The van der Waals surface area contributed by atoms with Crippen molar-refractivity contribution < 1.29 is 13.2 Å². The summed E-state index contributed by atoms with van der Waals surface area (Å²) < 4.78 is 30.0. The maximum Gasteiger partial charge on any atom is 0.272 e. The molecule has 0 saturated heterocycles. The van der Waals surface area contributed by atoms with Gasteiger partial charge in [-0.25, -0.2) is 13.4 Å². The third kappa shape index (κ3) is 4.21. The third-order valence-electron chi connectivity index (χ3n) is 4.54. The minimum atomic E-state index is -3.64. The number of rotatable bonds is 7. The second-order valence-corrected chi connectivity index (χ2v) is 8.70. The monoisotopic (exact) mass is 435 g/mol. The summed E-state index contributed by atoms with van der Waals surface area (Å²) in [6.45, 7) is 4.26. The highest BCUT2D eigenvalue weighted by atomic mass is 35.5. The highest BCUT2D eigenvalue weighted by molar-refractivity contribution is 7.89. The molecule has 3 aromatic rings. The predicted octanol–water partition coefficient (Wildman–Crippen LogP) is 3.15. The van der Waals surface area contributed by atoms with Crippen molar-refractivity contribution in [3.63, 3.8) is 0 Å². The van der Waals surface area contributed by atoms with E-state index < -0.39 is 15.9 Å². The molecule has 10 heteroatoms. The molecule has 1 amide bonds. The number of benzene rings is 1. The Labute approximate surface area is 174 Å². The fourth-order valence-corrected chi connectivity index (χ4v) is 4.81. The number of halogens is 1. The first-order valence-electron chi connectivity index (χ1n) is 9.03. The summed E-state index contributed by atoms with van der Waals surface area (Å²) in [5.41, 5.74) is 1.46. The van der Waals surface area contributed by atoms with E-state index in [1.165, 1.54) is 21.1 Å². The van der Waals surface area contributed by atoms with Gasteiger partial charge in [-0.2, -0.15) is 4.31 Å². The van der Waals surface area contributed by atoms with Gasteiger partial charge in [0.05, 0.1) is 17.0 Å². The maximum atomic E-state index is 12.7. The molecule has 0 aliphatic rings. The lowest BCUT2D eigenvalue weighted by Gasteiger charge is -2.17. The Kier molecular flexibility index (Phi) is 6.11. The minimum Gasteiger partial charge on any atom is -0.345 e. The lowest BCUT2D eigenvalue weighted by Crippen LogP contribution is -2.30. The van der Waals surface area contributed by atoms with Crippen LogP contribution < -0.4 is 5.32 Å². The number of hydrogen-bond donors (Lipinski definition) is 1. The standard InChI is InChI=1S/C19H22ClN5O3S/c1-4-25(5-2)29(27,28)15-11-18(23(3)12-15)19(26)22-14-6-7-17(16(20)10-14)24-9-8-21-13-24/h6-13H,4-5H2,1-3H3,(H,22,26). The lowest BCUT2D eigenvalue weighted by atomic mass is 10.2. The van der Waals surface area contributed by atoms with Crippen molar-refractivity contribution in [1.82, 2.24) is 18.4 Å². The number of imidazole rings is 1. The van der Waals surface area contributed by atoms with E-state index in [0.717, 1.165) is 5.69 Å². The van der Waals surface area contributed by atoms with Crippen LogP contribution in [0.1, 0.15) is 24.3 Å². The van der Waals surface area contributed by atoms with Crippen molar-refractivity contribution in [2.24, 2.45) is 7.05 Å². The van der Waals surface area contributed by atoms with Gasteiger partial charge in [-0.1, -0.05) is 25.4 Å². The van der Waals surface area contributed by atoms with Crippen LogP contribution in [0, 0.1) is 0 Å². The lowest BCUT2D eigenvalue weighted by molar-refractivity contribution is 0.101. The smallest absolute Gasteiger partial charge is 0.272 e. The van der Waals surface area contributed by atoms with Gasteiger partial charge in [0.25, 0.3) is 5.91 Å². The largest absolute Gasteiger partial charge is 0.345 e. The van der Waals surface area contributed by atoms with E-state index in [1.807, 2.05) is 0 Å². The molecule has 0 bridgehead atoms. The van der Waals surface area contributed by atoms with Crippen molar-refractivity contribution >= 4 is 33.2 Å².